The molecule has 5 nitrogen and oxygen atoms in total. The Bertz CT molecular complexity index is 579. The van der Waals surface area contributed by atoms with E-state index in [1.165, 1.54) is 0 Å². The number of nitrogens with two attached hydrogens (primary N) is 1. The Morgan fingerprint density at radius 1 is 1.17 bits per heavy atom. The standard InChI is InChI=1S/C13H13N3O2/c1-8-4-12(14)16-13(15-8)6-9-2-3-10-11(5-9)18-7-17-10/h2-5H,6-7H2,1H3,(H2,14,15,16). The minimum absolute atomic E-state index is 0.284. The number of aromatic nitrogens is 2. The second-order valence-corrected chi connectivity index (χ2v) is 4.21. The van der Waals surface area contributed by atoms with Gasteiger partial charge >= 0.3 is 0 Å². The summed E-state index contributed by atoms with van der Waals surface area (Å²) in [5.74, 6) is 2.76. The zero-order valence-electron chi connectivity index (χ0n) is 10.0. The highest BCUT2D eigenvalue weighted by molar-refractivity contribution is 5.45. The van der Waals surface area contributed by atoms with Crippen molar-refractivity contribution >= 4 is 5.82 Å². The van der Waals surface area contributed by atoms with Crippen molar-refractivity contribution in [2.24, 2.45) is 0 Å². The first-order valence-electron chi connectivity index (χ1n) is 5.69. The molecular weight excluding hydrogens is 230 g/mol. The van der Waals surface area contributed by atoms with E-state index < -0.39 is 0 Å². The van der Waals surface area contributed by atoms with E-state index in [9.17, 15) is 0 Å². The molecule has 0 unspecified atom stereocenters. The van der Waals surface area contributed by atoms with Crippen LogP contribution in [0.4, 0.5) is 5.82 Å². The predicted molar refractivity (Wildman–Crippen MR) is 66.6 cm³/mol. The first kappa shape index (κ1) is 10.8. The summed E-state index contributed by atoms with van der Waals surface area (Å²) in [5, 5.41) is 0. The molecule has 0 atom stereocenters. The van der Waals surface area contributed by atoms with Crippen molar-refractivity contribution in [3.05, 3.63) is 41.3 Å². The van der Waals surface area contributed by atoms with Crippen molar-refractivity contribution < 1.29 is 9.47 Å². The summed E-state index contributed by atoms with van der Waals surface area (Å²) >= 11 is 0. The van der Waals surface area contributed by atoms with Gasteiger partial charge < -0.3 is 15.2 Å². The maximum absolute atomic E-state index is 5.71. The minimum atomic E-state index is 0.284. The molecule has 92 valence electrons. The van der Waals surface area contributed by atoms with Gasteiger partial charge in [0.1, 0.15) is 11.6 Å². The van der Waals surface area contributed by atoms with Crippen molar-refractivity contribution in [2.75, 3.05) is 12.5 Å². The molecule has 18 heavy (non-hydrogen) atoms. The topological polar surface area (TPSA) is 70.3 Å². The molecule has 0 radical (unpaired) electrons. The third kappa shape index (κ3) is 2.07. The molecule has 2 heterocycles. The normalized spacial score (nSPS) is 12.7. The summed E-state index contributed by atoms with van der Waals surface area (Å²) in [6.07, 6.45) is 0.628. The fourth-order valence-corrected chi connectivity index (χ4v) is 1.97. The van der Waals surface area contributed by atoms with Gasteiger partial charge in [0, 0.05) is 18.2 Å². The first-order chi connectivity index (χ1) is 8.70. The Balaban J connectivity index is 1.88. The van der Waals surface area contributed by atoms with Crippen LogP contribution < -0.4 is 15.2 Å². The molecule has 5 heteroatoms. The maximum atomic E-state index is 5.71. The Kier molecular flexibility index (Phi) is 2.51. The number of rotatable bonds is 2. The van der Waals surface area contributed by atoms with Crippen molar-refractivity contribution in [2.45, 2.75) is 13.3 Å². The molecule has 1 aromatic heterocycles. The van der Waals surface area contributed by atoms with Crippen LogP contribution in [-0.4, -0.2) is 16.8 Å². The number of ether oxygens (including phenoxy) is 2. The van der Waals surface area contributed by atoms with E-state index in [1.54, 1.807) is 6.07 Å². The number of hydrogen-bond donors (Lipinski definition) is 1. The Morgan fingerprint density at radius 2 is 2.00 bits per heavy atom. The van der Waals surface area contributed by atoms with Gasteiger partial charge in [0.2, 0.25) is 6.79 Å². The third-order valence-corrected chi connectivity index (χ3v) is 2.72. The molecule has 0 saturated carbocycles. The van der Waals surface area contributed by atoms with Gasteiger partial charge in [-0.1, -0.05) is 6.07 Å². The smallest absolute Gasteiger partial charge is 0.231 e. The largest absolute Gasteiger partial charge is 0.454 e. The molecular formula is C13H13N3O2. The summed E-state index contributed by atoms with van der Waals surface area (Å²) in [6.45, 7) is 2.19. The molecule has 1 aromatic carbocycles. The van der Waals surface area contributed by atoms with Crippen LogP contribution >= 0.6 is 0 Å². The quantitative estimate of drug-likeness (QED) is 0.869. The maximum Gasteiger partial charge on any atom is 0.231 e. The number of nitrogen functional groups attached to an aromatic ring is 1. The van der Waals surface area contributed by atoms with Gasteiger partial charge in [-0.2, -0.15) is 0 Å². The number of hydrogen-bond acceptors (Lipinski definition) is 5. The molecule has 0 bridgehead atoms. The first-order valence-corrected chi connectivity index (χ1v) is 5.69. The lowest BCUT2D eigenvalue weighted by Gasteiger charge is -2.04. The zero-order valence-corrected chi connectivity index (χ0v) is 10.0. The summed E-state index contributed by atoms with van der Waals surface area (Å²) in [4.78, 5) is 8.58. The summed E-state index contributed by atoms with van der Waals surface area (Å²) < 4.78 is 10.6. The predicted octanol–water partition coefficient (Wildman–Crippen LogP) is 1.69. The molecule has 1 aliphatic heterocycles. The monoisotopic (exact) mass is 243 g/mol. The van der Waals surface area contributed by atoms with Gasteiger partial charge in [0.05, 0.1) is 0 Å². The van der Waals surface area contributed by atoms with Crippen LogP contribution in [-0.2, 0) is 6.42 Å². The van der Waals surface area contributed by atoms with Crippen LogP contribution in [0.3, 0.4) is 0 Å². The van der Waals surface area contributed by atoms with Gasteiger partial charge in [0.15, 0.2) is 11.5 Å². The summed E-state index contributed by atoms with van der Waals surface area (Å²) in [5.41, 5.74) is 7.65. The van der Waals surface area contributed by atoms with Crippen molar-refractivity contribution in [1.82, 2.24) is 9.97 Å². The molecule has 1 aliphatic rings. The summed E-state index contributed by atoms with van der Waals surface area (Å²) in [6, 6.07) is 7.58. The highest BCUT2D eigenvalue weighted by atomic mass is 16.7. The molecule has 2 N–H and O–H groups in total. The van der Waals surface area contributed by atoms with Crippen LogP contribution in [0.25, 0.3) is 0 Å². The van der Waals surface area contributed by atoms with Crippen LogP contribution in [0.2, 0.25) is 0 Å². The van der Waals surface area contributed by atoms with Gasteiger partial charge in [-0.15, -0.1) is 0 Å². The fraction of sp³-hybridized carbons (Fsp3) is 0.231. The molecule has 0 spiro atoms. The minimum Gasteiger partial charge on any atom is -0.454 e. The number of nitrogens with zero attached hydrogens (tertiary/aromatic N) is 2. The molecule has 3 rings (SSSR count). The van der Waals surface area contributed by atoms with Gasteiger partial charge in [-0.3, -0.25) is 0 Å². The lowest BCUT2D eigenvalue weighted by atomic mass is 10.1. The van der Waals surface area contributed by atoms with E-state index in [0.29, 0.717) is 18.1 Å². The number of anilines is 1. The zero-order chi connectivity index (χ0) is 12.5. The van der Waals surface area contributed by atoms with E-state index in [4.69, 9.17) is 15.2 Å². The molecule has 0 fully saturated rings. The van der Waals surface area contributed by atoms with Crippen LogP contribution in [0.1, 0.15) is 17.1 Å². The Morgan fingerprint density at radius 3 is 2.83 bits per heavy atom. The second-order valence-electron chi connectivity index (χ2n) is 4.21. The Labute approximate surface area is 105 Å². The fourth-order valence-electron chi connectivity index (χ4n) is 1.97. The Hall–Kier alpha value is -2.30. The van der Waals surface area contributed by atoms with Crippen LogP contribution in [0, 0.1) is 6.92 Å². The average molecular weight is 243 g/mol. The SMILES string of the molecule is Cc1cc(N)nc(Cc2ccc3c(c2)OCO3)n1. The van der Waals surface area contributed by atoms with E-state index in [1.807, 2.05) is 25.1 Å². The molecule has 0 saturated heterocycles. The van der Waals surface area contributed by atoms with Gasteiger partial charge in [-0.05, 0) is 24.6 Å². The van der Waals surface area contributed by atoms with Crippen LogP contribution in [0.15, 0.2) is 24.3 Å². The number of benzene rings is 1. The van der Waals surface area contributed by atoms with Crippen LogP contribution in [0.5, 0.6) is 11.5 Å². The average Bonchev–Trinajstić information content (AvgIpc) is 2.74. The van der Waals surface area contributed by atoms with Crippen molar-refractivity contribution in [3.8, 4) is 11.5 Å². The van der Waals surface area contributed by atoms with Gasteiger partial charge in [-0.25, -0.2) is 9.97 Å². The van der Waals surface area contributed by atoms with Crippen molar-refractivity contribution in [1.29, 1.82) is 0 Å². The molecule has 2 aromatic rings. The van der Waals surface area contributed by atoms with Crippen molar-refractivity contribution in [3.63, 3.8) is 0 Å². The van der Waals surface area contributed by atoms with E-state index in [0.717, 1.165) is 22.8 Å². The number of fused-ring (bicyclic) bond motifs is 1. The molecule has 0 amide bonds. The van der Waals surface area contributed by atoms with Gasteiger partial charge in [0.25, 0.3) is 0 Å². The highest BCUT2D eigenvalue weighted by Crippen LogP contribution is 2.32. The van der Waals surface area contributed by atoms with E-state index in [-0.39, 0.29) is 6.79 Å². The third-order valence-electron chi connectivity index (χ3n) is 2.72. The highest BCUT2D eigenvalue weighted by Gasteiger charge is 2.13. The molecule has 0 aliphatic carbocycles. The van der Waals surface area contributed by atoms with E-state index >= 15 is 0 Å². The van der Waals surface area contributed by atoms with E-state index in [2.05, 4.69) is 9.97 Å². The second kappa shape index (κ2) is 4.18. The lowest BCUT2D eigenvalue weighted by Crippen LogP contribution is -2.02. The summed E-state index contributed by atoms with van der Waals surface area (Å²) in [7, 11) is 0. The lowest BCUT2D eigenvalue weighted by molar-refractivity contribution is 0.174. The number of aryl methyl sites for hydroxylation is 1.